The van der Waals surface area contributed by atoms with E-state index in [1.165, 1.54) is 0 Å². The fourth-order valence-electron chi connectivity index (χ4n) is 1.76. The lowest BCUT2D eigenvalue weighted by molar-refractivity contribution is -0.124. The third-order valence-electron chi connectivity index (χ3n) is 2.79. The second-order valence-electron chi connectivity index (χ2n) is 3.94. The third-order valence-corrected chi connectivity index (χ3v) is 2.79. The van der Waals surface area contributed by atoms with Crippen molar-refractivity contribution < 1.29 is 14.6 Å². The molecule has 0 aromatic heterocycles. The zero-order valence-corrected chi connectivity index (χ0v) is 9.19. The molecule has 1 aliphatic rings. The average molecular weight is 221 g/mol. The highest BCUT2D eigenvalue weighted by Gasteiger charge is 2.23. The van der Waals surface area contributed by atoms with E-state index in [1.54, 1.807) is 25.1 Å². The lowest BCUT2D eigenvalue weighted by atomic mass is 10.1. The van der Waals surface area contributed by atoms with Crippen LogP contribution in [0.15, 0.2) is 18.2 Å². The topological polar surface area (TPSA) is 58.6 Å². The van der Waals surface area contributed by atoms with Crippen LogP contribution in [-0.4, -0.2) is 23.7 Å². The second-order valence-corrected chi connectivity index (χ2v) is 3.94. The Morgan fingerprint density at radius 2 is 2.38 bits per heavy atom. The molecule has 0 radical (unpaired) electrons. The molecule has 1 fully saturated rings. The fourth-order valence-corrected chi connectivity index (χ4v) is 1.76. The quantitative estimate of drug-likeness (QED) is 0.800. The summed E-state index contributed by atoms with van der Waals surface area (Å²) in [6, 6.07) is 5.06. The van der Waals surface area contributed by atoms with Crippen molar-refractivity contribution in [3.8, 4) is 5.75 Å². The van der Waals surface area contributed by atoms with Crippen LogP contribution in [0.4, 0.5) is 5.69 Å². The summed E-state index contributed by atoms with van der Waals surface area (Å²) in [5.41, 5.74) is 1.31. The summed E-state index contributed by atoms with van der Waals surface area (Å²) >= 11 is 0. The first-order chi connectivity index (χ1) is 7.68. The molecule has 1 aliphatic heterocycles. The number of phenols is 1. The van der Waals surface area contributed by atoms with E-state index in [-0.39, 0.29) is 17.8 Å². The first kappa shape index (κ1) is 11.0. The molecular formula is C12H15NO3. The van der Waals surface area contributed by atoms with Crippen LogP contribution in [0.2, 0.25) is 0 Å². The molecule has 0 aliphatic carbocycles. The van der Waals surface area contributed by atoms with E-state index in [9.17, 15) is 9.90 Å². The van der Waals surface area contributed by atoms with Gasteiger partial charge in [-0.05, 0) is 31.9 Å². The normalized spacial score (nSPS) is 19.7. The summed E-state index contributed by atoms with van der Waals surface area (Å²) in [6.07, 6.45) is 1.35. The summed E-state index contributed by atoms with van der Waals surface area (Å²) < 4.78 is 5.28. The van der Waals surface area contributed by atoms with Gasteiger partial charge in [-0.15, -0.1) is 0 Å². The number of aromatic hydroxyl groups is 1. The van der Waals surface area contributed by atoms with Crippen LogP contribution in [0, 0.1) is 6.92 Å². The summed E-state index contributed by atoms with van der Waals surface area (Å²) in [5.74, 6) is 0.0522. The molecule has 1 heterocycles. The Hall–Kier alpha value is -1.55. The minimum absolute atomic E-state index is 0.133. The number of rotatable bonds is 2. The van der Waals surface area contributed by atoms with E-state index in [2.05, 4.69) is 5.32 Å². The van der Waals surface area contributed by atoms with Gasteiger partial charge in [-0.3, -0.25) is 4.79 Å². The molecule has 0 spiro atoms. The largest absolute Gasteiger partial charge is 0.508 e. The van der Waals surface area contributed by atoms with Gasteiger partial charge < -0.3 is 15.2 Å². The minimum atomic E-state index is -0.346. The van der Waals surface area contributed by atoms with Gasteiger partial charge in [0.2, 0.25) is 0 Å². The Balaban J connectivity index is 2.08. The molecule has 4 heteroatoms. The lowest BCUT2D eigenvalue weighted by Crippen LogP contribution is -2.27. The van der Waals surface area contributed by atoms with Crippen molar-refractivity contribution in [3.63, 3.8) is 0 Å². The fraction of sp³-hybridized carbons (Fsp3) is 0.417. The molecule has 1 aromatic rings. The number of phenolic OH excluding ortho intramolecular Hbond substituents is 1. The van der Waals surface area contributed by atoms with E-state index in [1.807, 2.05) is 0 Å². The summed E-state index contributed by atoms with van der Waals surface area (Å²) in [4.78, 5) is 11.8. The van der Waals surface area contributed by atoms with E-state index in [0.29, 0.717) is 17.9 Å². The van der Waals surface area contributed by atoms with Gasteiger partial charge in [0.05, 0.1) is 0 Å². The number of nitrogens with one attached hydrogen (secondary N) is 1. The Kier molecular flexibility index (Phi) is 3.10. The van der Waals surface area contributed by atoms with Gasteiger partial charge in [0, 0.05) is 17.9 Å². The van der Waals surface area contributed by atoms with Crippen LogP contribution >= 0.6 is 0 Å². The zero-order chi connectivity index (χ0) is 11.5. The second kappa shape index (κ2) is 4.53. The third kappa shape index (κ3) is 2.17. The van der Waals surface area contributed by atoms with Crippen LogP contribution in [-0.2, 0) is 9.53 Å². The maximum atomic E-state index is 11.8. The van der Waals surface area contributed by atoms with Crippen LogP contribution in [0.25, 0.3) is 0 Å². The monoisotopic (exact) mass is 221 g/mol. The van der Waals surface area contributed by atoms with Crippen molar-refractivity contribution in [2.24, 2.45) is 0 Å². The van der Waals surface area contributed by atoms with Crippen molar-refractivity contribution in [2.45, 2.75) is 25.9 Å². The Bertz CT molecular complexity index is 397. The van der Waals surface area contributed by atoms with E-state index < -0.39 is 0 Å². The molecule has 1 atom stereocenters. The smallest absolute Gasteiger partial charge is 0.253 e. The number of carbonyl (C=O) groups is 1. The van der Waals surface area contributed by atoms with Crippen LogP contribution in [0.3, 0.4) is 0 Å². The highest BCUT2D eigenvalue weighted by molar-refractivity contribution is 5.95. The van der Waals surface area contributed by atoms with Gasteiger partial charge in [-0.2, -0.15) is 0 Å². The minimum Gasteiger partial charge on any atom is -0.508 e. The number of amides is 1. The lowest BCUT2D eigenvalue weighted by Gasteiger charge is -2.12. The highest BCUT2D eigenvalue weighted by atomic mass is 16.5. The van der Waals surface area contributed by atoms with E-state index in [0.717, 1.165) is 12.8 Å². The van der Waals surface area contributed by atoms with Gasteiger partial charge in [0.25, 0.3) is 5.91 Å². The van der Waals surface area contributed by atoms with Gasteiger partial charge in [0.1, 0.15) is 11.9 Å². The Morgan fingerprint density at radius 3 is 3.06 bits per heavy atom. The maximum Gasteiger partial charge on any atom is 0.253 e. The summed E-state index contributed by atoms with van der Waals surface area (Å²) in [7, 11) is 0. The van der Waals surface area contributed by atoms with Crippen LogP contribution < -0.4 is 5.32 Å². The molecule has 4 nitrogen and oxygen atoms in total. The predicted molar refractivity (Wildman–Crippen MR) is 60.4 cm³/mol. The molecule has 1 unspecified atom stereocenters. The summed E-state index contributed by atoms with van der Waals surface area (Å²) in [6.45, 7) is 2.41. The van der Waals surface area contributed by atoms with Gasteiger partial charge in [0.15, 0.2) is 0 Å². The van der Waals surface area contributed by atoms with Crippen molar-refractivity contribution >= 4 is 11.6 Å². The Morgan fingerprint density at radius 1 is 1.56 bits per heavy atom. The predicted octanol–water partition coefficient (Wildman–Crippen LogP) is 1.82. The van der Waals surface area contributed by atoms with Crippen LogP contribution in [0.1, 0.15) is 18.4 Å². The molecule has 2 rings (SSSR count). The number of anilines is 1. The van der Waals surface area contributed by atoms with Crippen molar-refractivity contribution in [3.05, 3.63) is 23.8 Å². The molecule has 1 amide bonds. The number of ether oxygens (including phenoxy) is 1. The molecular weight excluding hydrogens is 206 g/mol. The molecule has 1 aromatic carbocycles. The first-order valence-corrected chi connectivity index (χ1v) is 5.39. The standard InChI is InChI=1S/C12H15NO3/c1-8-9(4-2-5-10(8)14)13-12(15)11-6-3-7-16-11/h2,4-5,11,14H,3,6-7H2,1H3,(H,13,15). The molecule has 0 saturated carbocycles. The highest BCUT2D eigenvalue weighted by Crippen LogP contribution is 2.24. The van der Waals surface area contributed by atoms with Crippen LogP contribution in [0.5, 0.6) is 5.75 Å². The molecule has 16 heavy (non-hydrogen) atoms. The number of carbonyl (C=O) groups excluding carboxylic acids is 1. The first-order valence-electron chi connectivity index (χ1n) is 5.39. The SMILES string of the molecule is Cc1c(O)cccc1NC(=O)C1CCCO1. The number of benzene rings is 1. The van der Waals surface area contributed by atoms with Crippen molar-refractivity contribution in [1.29, 1.82) is 0 Å². The van der Waals surface area contributed by atoms with Crippen molar-refractivity contribution in [1.82, 2.24) is 0 Å². The van der Waals surface area contributed by atoms with Gasteiger partial charge >= 0.3 is 0 Å². The van der Waals surface area contributed by atoms with Crippen molar-refractivity contribution in [2.75, 3.05) is 11.9 Å². The van der Waals surface area contributed by atoms with E-state index in [4.69, 9.17) is 4.74 Å². The average Bonchev–Trinajstić information content (AvgIpc) is 2.78. The van der Waals surface area contributed by atoms with E-state index >= 15 is 0 Å². The molecule has 0 bridgehead atoms. The zero-order valence-electron chi connectivity index (χ0n) is 9.19. The van der Waals surface area contributed by atoms with Gasteiger partial charge in [-0.1, -0.05) is 6.07 Å². The molecule has 2 N–H and O–H groups in total. The summed E-state index contributed by atoms with van der Waals surface area (Å²) in [5, 5.41) is 12.3. The number of hydrogen-bond acceptors (Lipinski definition) is 3. The van der Waals surface area contributed by atoms with Gasteiger partial charge in [-0.25, -0.2) is 0 Å². The molecule has 86 valence electrons. The maximum absolute atomic E-state index is 11.8. The Labute approximate surface area is 94.2 Å². The molecule has 1 saturated heterocycles. The number of hydrogen-bond donors (Lipinski definition) is 2.